The predicted molar refractivity (Wildman–Crippen MR) is 82.0 cm³/mol. The summed E-state index contributed by atoms with van der Waals surface area (Å²) in [5.74, 6) is 0. The second-order valence-electron chi connectivity index (χ2n) is 5.00. The molecule has 0 unspecified atom stereocenters. The van der Waals surface area contributed by atoms with Crippen molar-refractivity contribution < 1.29 is 9.90 Å². The highest BCUT2D eigenvalue weighted by molar-refractivity contribution is 6.36. The van der Waals surface area contributed by atoms with Crippen LogP contribution < -0.4 is 15.5 Å². The van der Waals surface area contributed by atoms with Crippen LogP contribution in [-0.4, -0.2) is 56.4 Å². The SMILES string of the molecule is CN1CCN(c2cc(N(C)C(=O)O)cc(N)c2Cl)CC1. The van der Waals surface area contributed by atoms with Gasteiger partial charge in [0.25, 0.3) is 0 Å². The first-order chi connectivity index (χ1) is 9.40. The number of amides is 1. The van der Waals surface area contributed by atoms with E-state index in [4.69, 9.17) is 22.4 Å². The lowest BCUT2D eigenvalue weighted by atomic mass is 10.2. The summed E-state index contributed by atoms with van der Waals surface area (Å²) in [6.07, 6.45) is -1.03. The van der Waals surface area contributed by atoms with Gasteiger partial charge in [0.05, 0.1) is 22.1 Å². The van der Waals surface area contributed by atoms with Crippen molar-refractivity contribution in [2.45, 2.75) is 0 Å². The topological polar surface area (TPSA) is 73.0 Å². The van der Waals surface area contributed by atoms with Crippen LogP contribution in [0.4, 0.5) is 21.9 Å². The molecule has 0 atom stereocenters. The van der Waals surface area contributed by atoms with Gasteiger partial charge >= 0.3 is 6.09 Å². The second kappa shape index (κ2) is 5.76. The zero-order valence-corrected chi connectivity index (χ0v) is 12.4. The number of piperazine rings is 1. The van der Waals surface area contributed by atoms with Crippen LogP contribution in [-0.2, 0) is 0 Å². The predicted octanol–water partition coefficient (Wildman–Crippen LogP) is 1.79. The number of hydrogen-bond acceptors (Lipinski definition) is 4. The molecule has 2 rings (SSSR count). The molecule has 0 aromatic heterocycles. The van der Waals surface area contributed by atoms with Crippen molar-refractivity contribution in [3.8, 4) is 0 Å². The highest BCUT2D eigenvalue weighted by Gasteiger charge is 2.20. The third kappa shape index (κ3) is 2.91. The highest BCUT2D eigenvalue weighted by atomic mass is 35.5. The van der Waals surface area contributed by atoms with Gasteiger partial charge in [0, 0.05) is 33.2 Å². The zero-order chi connectivity index (χ0) is 14.9. The molecule has 0 radical (unpaired) electrons. The molecule has 1 saturated heterocycles. The molecule has 0 bridgehead atoms. The van der Waals surface area contributed by atoms with E-state index in [1.165, 1.54) is 7.05 Å². The van der Waals surface area contributed by atoms with Gasteiger partial charge in [-0.3, -0.25) is 4.90 Å². The number of carbonyl (C=O) groups is 1. The van der Waals surface area contributed by atoms with Gasteiger partial charge in [0.2, 0.25) is 0 Å². The van der Waals surface area contributed by atoms with E-state index in [1.54, 1.807) is 12.1 Å². The van der Waals surface area contributed by atoms with Gasteiger partial charge in [-0.2, -0.15) is 0 Å². The molecule has 0 spiro atoms. The van der Waals surface area contributed by atoms with Crippen LogP contribution in [0.3, 0.4) is 0 Å². The number of anilines is 3. The van der Waals surface area contributed by atoms with Gasteiger partial charge in [-0.05, 0) is 19.2 Å². The fourth-order valence-corrected chi connectivity index (χ4v) is 2.43. The maximum absolute atomic E-state index is 11.1. The summed E-state index contributed by atoms with van der Waals surface area (Å²) >= 11 is 6.27. The molecule has 1 heterocycles. The molecular formula is C13H19ClN4O2. The highest BCUT2D eigenvalue weighted by Crippen LogP contribution is 2.36. The van der Waals surface area contributed by atoms with Crippen molar-refractivity contribution in [3.63, 3.8) is 0 Å². The van der Waals surface area contributed by atoms with Crippen LogP contribution in [0.1, 0.15) is 0 Å². The Kier molecular flexibility index (Phi) is 4.25. The lowest BCUT2D eigenvalue weighted by Crippen LogP contribution is -2.44. The molecular weight excluding hydrogens is 280 g/mol. The molecule has 1 aliphatic heterocycles. The lowest BCUT2D eigenvalue weighted by Gasteiger charge is -2.35. The lowest BCUT2D eigenvalue weighted by molar-refractivity contribution is 0.203. The Bertz CT molecular complexity index is 515. The van der Waals surface area contributed by atoms with Gasteiger partial charge in [0.1, 0.15) is 0 Å². The summed E-state index contributed by atoms with van der Waals surface area (Å²) in [5, 5.41) is 9.55. The molecule has 0 saturated carbocycles. The van der Waals surface area contributed by atoms with Gasteiger partial charge in [0.15, 0.2) is 0 Å². The number of nitrogens with two attached hydrogens (primary N) is 1. The molecule has 7 heteroatoms. The quantitative estimate of drug-likeness (QED) is 0.814. The summed E-state index contributed by atoms with van der Waals surface area (Å²) < 4.78 is 0. The Labute approximate surface area is 123 Å². The standard InChI is InChI=1S/C13H19ClN4O2/c1-16-3-5-18(6-4-16)11-8-9(17(2)13(19)20)7-10(15)12(11)14/h7-8H,3-6,15H2,1-2H3,(H,19,20). The Morgan fingerprint density at radius 1 is 1.35 bits per heavy atom. The van der Waals surface area contributed by atoms with Crippen LogP contribution in [0.15, 0.2) is 12.1 Å². The maximum atomic E-state index is 11.1. The van der Waals surface area contributed by atoms with Gasteiger partial charge in [-0.1, -0.05) is 11.6 Å². The summed E-state index contributed by atoms with van der Waals surface area (Å²) in [7, 11) is 3.56. The van der Waals surface area contributed by atoms with Crippen molar-refractivity contribution in [2.24, 2.45) is 0 Å². The third-order valence-corrected chi connectivity index (χ3v) is 4.00. The molecule has 1 aromatic carbocycles. The first-order valence-electron chi connectivity index (χ1n) is 6.39. The molecule has 110 valence electrons. The van der Waals surface area contributed by atoms with E-state index in [1.807, 2.05) is 0 Å². The van der Waals surface area contributed by atoms with Gasteiger partial charge in [-0.25, -0.2) is 4.79 Å². The Hall–Kier alpha value is -1.66. The smallest absolute Gasteiger partial charge is 0.411 e. The number of nitrogen functional groups attached to an aromatic ring is 1. The van der Waals surface area contributed by atoms with Crippen LogP contribution in [0.5, 0.6) is 0 Å². The molecule has 1 fully saturated rings. The van der Waals surface area contributed by atoms with Crippen LogP contribution in [0.2, 0.25) is 5.02 Å². The Morgan fingerprint density at radius 3 is 2.50 bits per heavy atom. The number of rotatable bonds is 2. The van der Waals surface area contributed by atoms with Gasteiger partial charge in [-0.15, -0.1) is 0 Å². The molecule has 1 amide bonds. The molecule has 1 aliphatic rings. The first-order valence-corrected chi connectivity index (χ1v) is 6.77. The average Bonchev–Trinajstić information content (AvgIpc) is 2.42. The fraction of sp³-hybridized carbons (Fsp3) is 0.462. The van der Waals surface area contributed by atoms with E-state index in [0.29, 0.717) is 16.4 Å². The van der Waals surface area contributed by atoms with Crippen LogP contribution >= 0.6 is 11.6 Å². The van der Waals surface area contributed by atoms with E-state index in [-0.39, 0.29) is 0 Å². The largest absolute Gasteiger partial charge is 0.465 e. The van der Waals surface area contributed by atoms with Crippen molar-refractivity contribution in [3.05, 3.63) is 17.2 Å². The van der Waals surface area contributed by atoms with Gasteiger partial charge < -0.3 is 20.6 Å². The molecule has 1 aromatic rings. The number of likely N-dealkylation sites (N-methyl/N-ethyl adjacent to an activating group) is 1. The second-order valence-corrected chi connectivity index (χ2v) is 5.38. The van der Waals surface area contributed by atoms with Crippen LogP contribution in [0, 0.1) is 0 Å². The Morgan fingerprint density at radius 2 is 1.95 bits per heavy atom. The van der Waals surface area contributed by atoms with Crippen molar-refractivity contribution in [1.82, 2.24) is 4.90 Å². The first kappa shape index (κ1) is 14.7. The van der Waals surface area contributed by atoms with Crippen molar-refractivity contribution in [2.75, 3.05) is 55.8 Å². The van der Waals surface area contributed by atoms with E-state index < -0.39 is 6.09 Å². The fourth-order valence-electron chi connectivity index (χ4n) is 2.20. The molecule has 3 N–H and O–H groups in total. The third-order valence-electron chi connectivity index (χ3n) is 3.58. The summed E-state index contributed by atoms with van der Waals surface area (Å²) in [5.41, 5.74) is 7.62. The minimum Gasteiger partial charge on any atom is -0.465 e. The summed E-state index contributed by atoms with van der Waals surface area (Å²) in [6.45, 7) is 3.57. The molecule has 0 aliphatic carbocycles. The van der Waals surface area contributed by atoms with Crippen LogP contribution in [0.25, 0.3) is 0 Å². The molecule has 20 heavy (non-hydrogen) atoms. The summed E-state index contributed by atoms with van der Waals surface area (Å²) in [6, 6.07) is 3.36. The normalized spacial score (nSPS) is 16.2. The van der Waals surface area contributed by atoms with Crippen molar-refractivity contribution in [1.29, 1.82) is 0 Å². The van der Waals surface area contributed by atoms with E-state index in [9.17, 15) is 4.79 Å². The molecule has 6 nitrogen and oxygen atoms in total. The zero-order valence-electron chi connectivity index (χ0n) is 11.6. The number of nitrogens with zero attached hydrogens (tertiary/aromatic N) is 3. The van der Waals surface area contributed by atoms with E-state index >= 15 is 0 Å². The summed E-state index contributed by atoms with van der Waals surface area (Å²) in [4.78, 5) is 16.6. The van der Waals surface area contributed by atoms with E-state index in [2.05, 4.69) is 16.8 Å². The number of benzene rings is 1. The average molecular weight is 299 g/mol. The number of carboxylic acid groups (broad SMARTS) is 1. The minimum atomic E-state index is -1.03. The number of halogens is 1. The number of hydrogen-bond donors (Lipinski definition) is 2. The van der Waals surface area contributed by atoms with Crippen molar-refractivity contribution >= 4 is 34.8 Å². The Balaban J connectivity index is 2.34. The van der Waals surface area contributed by atoms with E-state index in [0.717, 1.165) is 36.8 Å². The minimum absolute atomic E-state index is 0.395. The monoisotopic (exact) mass is 298 g/mol. The maximum Gasteiger partial charge on any atom is 0.411 e.